The molecule has 4 heteroatoms. The summed E-state index contributed by atoms with van der Waals surface area (Å²) >= 11 is 1.76. The molecule has 0 amide bonds. The van der Waals surface area contributed by atoms with Crippen molar-refractivity contribution in [2.24, 2.45) is 5.73 Å². The Kier molecular flexibility index (Phi) is 4.92. The third-order valence-corrected chi connectivity index (χ3v) is 4.27. The monoisotopic (exact) mass is 266 g/mol. The minimum absolute atomic E-state index is 0.374. The summed E-state index contributed by atoms with van der Waals surface area (Å²) in [4.78, 5) is 3.55. The highest BCUT2D eigenvalue weighted by atomic mass is 32.2. The van der Waals surface area contributed by atoms with E-state index in [-0.39, 0.29) is 0 Å². The van der Waals surface area contributed by atoms with E-state index in [2.05, 4.69) is 36.4 Å². The van der Waals surface area contributed by atoms with Crippen LogP contribution in [0.15, 0.2) is 23.1 Å². The Bertz CT molecular complexity index is 391. The molecule has 3 nitrogen and oxygen atoms in total. The molecule has 1 atom stereocenters. The number of hydrogen-bond donors (Lipinski definition) is 1. The van der Waals surface area contributed by atoms with Crippen molar-refractivity contribution in [3.8, 4) is 0 Å². The lowest BCUT2D eigenvalue weighted by atomic mass is 10.1. The smallest absolute Gasteiger partial charge is 0.0750 e. The van der Waals surface area contributed by atoms with Crippen LogP contribution in [0.2, 0.25) is 0 Å². The highest BCUT2D eigenvalue weighted by Gasteiger charge is 2.19. The highest BCUT2D eigenvalue weighted by molar-refractivity contribution is 7.98. The SMILES string of the molecule is CSc1cccc(N(C)CC2CCCO2)c1CN. The Hall–Kier alpha value is -0.710. The van der Waals surface area contributed by atoms with Crippen LogP contribution in [-0.2, 0) is 11.3 Å². The van der Waals surface area contributed by atoms with Crippen LogP contribution >= 0.6 is 11.8 Å². The molecule has 0 aromatic heterocycles. The zero-order valence-corrected chi connectivity index (χ0v) is 12.0. The van der Waals surface area contributed by atoms with Crippen LogP contribution in [-0.4, -0.2) is 32.6 Å². The molecule has 1 aliphatic heterocycles. The van der Waals surface area contributed by atoms with E-state index >= 15 is 0 Å². The fourth-order valence-electron chi connectivity index (χ4n) is 2.50. The van der Waals surface area contributed by atoms with Crippen LogP contribution in [0.5, 0.6) is 0 Å². The van der Waals surface area contributed by atoms with Gasteiger partial charge in [0.1, 0.15) is 0 Å². The van der Waals surface area contributed by atoms with Gasteiger partial charge in [0.2, 0.25) is 0 Å². The number of rotatable bonds is 5. The summed E-state index contributed by atoms with van der Waals surface area (Å²) in [6.07, 6.45) is 4.83. The normalized spacial score (nSPS) is 19.2. The van der Waals surface area contributed by atoms with E-state index in [0.29, 0.717) is 12.6 Å². The zero-order chi connectivity index (χ0) is 13.0. The molecule has 0 spiro atoms. The summed E-state index contributed by atoms with van der Waals surface area (Å²) in [5, 5.41) is 0. The molecule has 1 aliphatic rings. The molecular formula is C14H22N2OS. The maximum Gasteiger partial charge on any atom is 0.0750 e. The fraction of sp³-hybridized carbons (Fsp3) is 0.571. The van der Waals surface area contributed by atoms with Gasteiger partial charge in [-0.15, -0.1) is 11.8 Å². The van der Waals surface area contributed by atoms with Crippen molar-refractivity contribution in [1.29, 1.82) is 0 Å². The van der Waals surface area contributed by atoms with Gasteiger partial charge in [0, 0.05) is 42.9 Å². The quantitative estimate of drug-likeness (QED) is 0.831. The average Bonchev–Trinajstić information content (AvgIpc) is 2.90. The van der Waals surface area contributed by atoms with Gasteiger partial charge in [0.05, 0.1) is 6.10 Å². The van der Waals surface area contributed by atoms with Crippen molar-refractivity contribution in [1.82, 2.24) is 0 Å². The van der Waals surface area contributed by atoms with E-state index in [1.165, 1.54) is 29.0 Å². The predicted octanol–water partition coefficient (Wildman–Crippen LogP) is 2.48. The number of hydrogen-bond acceptors (Lipinski definition) is 4. The summed E-state index contributed by atoms with van der Waals surface area (Å²) in [6, 6.07) is 6.39. The van der Waals surface area contributed by atoms with E-state index < -0.39 is 0 Å². The molecule has 0 aliphatic carbocycles. The summed E-state index contributed by atoms with van der Waals surface area (Å²) in [5.74, 6) is 0. The Morgan fingerprint density at radius 2 is 2.33 bits per heavy atom. The van der Waals surface area contributed by atoms with Gasteiger partial charge < -0.3 is 15.4 Å². The Morgan fingerprint density at radius 1 is 1.50 bits per heavy atom. The van der Waals surface area contributed by atoms with Crippen molar-refractivity contribution in [3.05, 3.63) is 23.8 Å². The molecule has 100 valence electrons. The van der Waals surface area contributed by atoms with Gasteiger partial charge in [0.25, 0.3) is 0 Å². The number of anilines is 1. The summed E-state index contributed by atoms with van der Waals surface area (Å²) in [5.41, 5.74) is 8.38. The van der Waals surface area contributed by atoms with Gasteiger partial charge in [-0.05, 0) is 31.2 Å². The topological polar surface area (TPSA) is 38.5 Å². The summed E-state index contributed by atoms with van der Waals surface area (Å²) in [6.45, 7) is 2.44. The molecule has 2 rings (SSSR count). The lowest BCUT2D eigenvalue weighted by molar-refractivity contribution is 0.116. The number of likely N-dealkylation sites (N-methyl/N-ethyl adjacent to an activating group) is 1. The molecule has 1 fully saturated rings. The van der Waals surface area contributed by atoms with Crippen molar-refractivity contribution < 1.29 is 4.74 Å². The number of thioether (sulfide) groups is 1. The first-order chi connectivity index (χ1) is 8.76. The van der Waals surface area contributed by atoms with Crippen LogP contribution in [0.25, 0.3) is 0 Å². The van der Waals surface area contributed by atoms with Gasteiger partial charge in [-0.2, -0.15) is 0 Å². The van der Waals surface area contributed by atoms with Crippen molar-refractivity contribution in [3.63, 3.8) is 0 Å². The lowest BCUT2D eigenvalue weighted by Crippen LogP contribution is -2.29. The number of nitrogens with two attached hydrogens (primary N) is 1. The number of ether oxygens (including phenoxy) is 1. The van der Waals surface area contributed by atoms with Gasteiger partial charge in [-0.25, -0.2) is 0 Å². The molecule has 1 aromatic carbocycles. The highest BCUT2D eigenvalue weighted by Crippen LogP contribution is 2.29. The second-order valence-electron chi connectivity index (χ2n) is 4.68. The maximum absolute atomic E-state index is 5.90. The van der Waals surface area contributed by atoms with Crippen LogP contribution in [0.4, 0.5) is 5.69 Å². The molecule has 1 saturated heterocycles. The third-order valence-electron chi connectivity index (χ3n) is 3.45. The zero-order valence-electron chi connectivity index (χ0n) is 11.2. The minimum Gasteiger partial charge on any atom is -0.376 e. The summed E-state index contributed by atoms with van der Waals surface area (Å²) < 4.78 is 5.70. The molecular weight excluding hydrogens is 244 g/mol. The molecule has 1 heterocycles. The van der Waals surface area contributed by atoms with Gasteiger partial charge >= 0.3 is 0 Å². The first-order valence-corrected chi connectivity index (χ1v) is 7.67. The maximum atomic E-state index is 5.90. The Morgan fingerprint density at radius 3 is 2.94 bits per heavy atom. The number of nitrogens with zero attached hydrogens (tertiary/aromatic N) is 1. The van der Waals surface area contributed by atoms with Crippen molar-refractivity contribution in [2.45, 2.75) is 30.4 Å². The third kappa shape index (κ3) is 2.99. The van der Waals surface area contributed by atoms with Crippen LogP contribution in [0.1, 0.15) is 18.4 Å². The van der Waals surface area contributed by atoms with Crippen molar-refractivity contribution >= 4 is 17.4 Å². The van der Waals surface area contributed by atoms with Crippen LogP contribution < -0.4 is 10.6 Å². The Labute approximate surface area is 114 Å². The summed E-state index contributed by atoms with van der Waals surface area (Å²) in [7, 11) is 2.13. The van der Waals surface area contributed by atoms with E-state index in [0.717, 1.165) is 13.2 Å². The van der Waals surface area contributed by atoms with Gasteiger partial charge in [-0.1, -0.05) is 6.07 Å². The van der Waals surface area contributed by atoms with E-state index in [4.69, 9.17) is 10.5 Å². The van der Waals surface area contributed by atoms with E-state index in [9.17, 15) is 0 Å². The van der Waals surface area contributed by atoms with Crippen LogP contribution in [0, 0.1) is 0 Å². The minimum atomic E-state index is 0.374. The molecule has 1 unspecified atom stereocenters. The Balaban J connectivity index is 2.15. The standard InChI is InChI=1S/C14H22N2OS/c1-16(10-11-5-4-8-17-11)13-6-3-7-14(18-2)12(13)9-15/h3,6-7,11H,4-5,8-10,15H2,1-2H3. The lowest BCUT2D eigenvalue weighted by Gasteiger charge is -2.26. The molecule has 0 saturated carbocycles. The fourth-order valence-corrected chi connectivity index (χ4v) is 3.15. The molecule has 0 bridgehead atoms. The largest absolute Gasteiger partial charge is 0.376 e. The predicted molar refractivity (Wildman–Crippen MR) is 78.4 cm³/mol. The van der Waals surface area contributed by atoms with E-state index in [1.807, 2.05) is 0 Å². The average molecular weight is 266 g/mol. The first kappa shape index (κ1) is 13.7. The van der Waals surface area contributed by atoms with Gasteiger partial charge in [0.15, 0.2) is 0 Å². The second-order valence-corrected chi connectivity index (χ2v) is 5.53. The molecule has 0 radical (unpaired) electrons. The molecule has 2 N–H and O–H groups in total. The molecule has 18 heavy (non-hydrogen) atoms. The first-order valence-electron chi connectivity index (χ1n) is 6.45. The van der Waals surface area contributed by atoms with Crippen LogP contribution in [0.3, 0.4) is 0 Å². The molecule has 1 aromatic rings. The van der Waals surface area contributed by atoms with Gasteiger partial charge in [-0.3, -0.25) is 0 Å². The number of benzene rings is 1. The van der Waals surface area contributed by atoms with Crippen molar-refractivity contribution in [2.75, 3.05) is 31.4 Å². The second kappa shape index (κ2) is 6.45. The van der Waals surface area contributed by atoms with E-state index in [1.54, 1.807) is 11.8 Å².